The van der Waals surface area contributed by atoms with Gasteiger partial charge in [-0.1, -0.05) is 13.0 Å². The molecule has 3 aromatic rings. The summed E-state index contributed by atoms with van der Waals surface area (Å²) in [6.45, 7) is 5.47. The first-order chi connectivity index (χ1) is 18.0. The maximum atomic E-state index is 13.3. The first-order valence-corrected chi connectivity index (χ1v) is 13.1. The molecule has 204 valence electrons. The van der Waals surface area contributed by atoms with Crippen LogP contribution in [0, 0.1) is 18.8 Å². The van der Waals surface area contributed by atoms with Gasteiger partial charge < -0.3 is 16.2 Å². The Morgan fingerprint density at radius 3 is 2.47 bits per heavy atom. The molecule has 2 atom stereocenters. The van der Waals surface area contributed by atoms with Crippen molar-refractivity contribution in [2.45, 2.75) is 71.0 Å². The molecule has 0 saturated heterocycles. The lowest BCUT2D eigenvalue weighted by atomic mass is 9.75. The highest BCUT2D eigenvalue weighted by Gasteiger charge is 2.32. The summed E-state index contributed by atoms with van der Waals surface area (Å²) >= 11 is 0. The van der Waals surface area contributed by atoms with E-state index in [0.29, 0.717) is 29.5 Å². The third-order valence-electron chi connectivity index (χ3n) is 7.64. The Labute approximate surface area is 220 Å². The fourth-order valence-corrected chi connectivity index (χ4v) is 5.45. The second-order valence-electron chi connectivity index (χ2n) is 10.5. The molecule has 9 heteroatoms. The van der Waals surface area contributed by atoms with Gasteiger partial charge in [-0.05, 0) is 93.3 Å². The highest BCUT2D eigenvalue weighted by atomic mass is 19.4. The fourth-order valence-electron chi connectivity index (χ4n) is 5.45. The molecule has 4 N–H and O–H groups in total. The number of aliphatic hydroxyl groups is 1. The highest BCUT2D eigenvalue weighted by molar-refractivity contribution is 5.90. The molecule has 0 aliphatic heterocycles. The van der Waals surface area contributed by atoms with Crippen molar-refractivity contribution in [3.05, 3.63) is 58.9 Å². The SMILES string of the molecule is Cc1nc(N[C@H](C)c2cc(N)cc(C(F)(F)F)c2)c2cc(C3CCC(C(=O)C(C)CCO)CC3)ccc2n1. The van der Waals surface area contributed by atoms with Crippen molar-refractivity contribution in [1.29, 1.82) is 0 Å². The van der Waals surface area contributed by atoms with Gasteiger partial charge in [0.15, 0.2) is 0 Å². The third kappa shape index (κ3) is 6.26. The Bertz CT molecular complexity index is 1300. The number of alkyl halides is 3. The second kappa shape index (κ2) is 11.3. The number of ketones is 1. The number of aromatic nitrogens is 2. The van der Waals surface area contributed by atoms with E-state index in [-0.39, 0.29) is 29.9 Å². The quantitative estimate of drug-likeness (QED) is 0.286. The number of aliphatic hydroxyl groups excluding tert-OH is 1. The number of nitrogens with two attached hydrogens (primary N) is 1. The minimum Gasteiger partial charge on any atom is -0.399 e. The van der Waals surface area contributed by atoms with Crippen molar-refractivity contribution < 1.29 is 23.1 Å². The van der Waals surface area contributed by atoms with E-state index in [9.17, 15) is 18.0 Å². The molecule has 1 unspecified atom stereocenters. The zero-order valence-corrected chi connectivity index (χ0v) is 22.0. The van der Waals surface area contributed by atoms with Crippen LogP contribution in [0.25, 0.3) is 10.9 Å². The van der Waals surface area contributed by atoms with Crippen LogP contribution in [0.1, 0.15) is 80.4 Å². The van der Waals surface area contributed by atoms with E-state index in [1.165, 1.54) is 6.07 Å². The van der Waals surface area contributed by atoms with E-state index < -0.39 is 17.8 Å². The van der Waals surface area contributed by atoms with Gasteiger partial charge in [0.1, 0.15) is 17.4 Å². The average Bonchev–Trinajstić information content (AvgIpc) is 2.87. The van der Waals surface area contributed by atoms with Gasteiger partial charge in [-0.15, -0.1) is 0 Å². The summed E-state index contributed by atoms with van der Waals surface area (Å²) in [5.41, 5.74) is 7.35. The smallest absolute Gasteiger partial charge is 0.399 e. The lowest BCUT2D eigenvalue weighted by Crippen LogP contribution is -2.26. The number of fused-ring (bicyclic) bond motifs is 1. The van der Waals surface area contributed by atoms with Crippen LogP contribution in [-0.2, 0) is 11.0 Å². The number of nitrogens with one attached hydrogen (secondary N) is 1. The number of halogens is 3. The number of carbonyl (C=O) groups is 1. The zero-order chi connectivity index (χ0) is 27.6. The number of anilines is 2. The zero-order valence-electron chi connectivity index (χ0n) is 22.0. The van der Waals surface area contributed by atoms with Crippen LogP contribution >= 0.6 is 0 Å². The Hall–Kier alpha value is -3.20. The van der Waals surface area contributed by atoms with Gasteiger partial charge in [-0.2, -0.15) is 13.2 Å². The Balaban J connectivity index is 1.56. The summed E-state index contributed by atoms with van der Waals surface area (Å²) in [4.78, 5) is 21.8. The lowest BCUT2D eigenvalue weighted by Gasteiger charge is -2.29. The normalized spacial score (nSPS) is 19.8. The number of aryl methyl sites for hydroxylation is 1. The predicted molar refractivity (Wildman–Crippen MR) is 143 cm³/mol. The number of Topliss-reactive ketones (excluding diaryl/α,β-unsaturated/α-hetero) is 1. The molecule has 1 aliphatic rings. The monoisotopic (exact) mass is 528 g/mol. The average molecular weight is 529 g/mol. The van der Waals surface area contributed by atoms with Gasteiger partial charge in [0.2, 0.25) is 0 Å². The van der Waals surface area contributed by atoms with Crippen molar-refractivity contribution in [2.24, 2.45) is 11.8 Å². The standard InChI is InChI=1S/C29H35F3N4O2/c1-16(10-11-37)27(38)20-6-4-19(5-7-20)21-8-9-26-25(14-21)28(36-18(3)35-26)34-17(2)22-12-23(29(30,31)32)15-24(33)13-22/h8-9,12-17,19-20,37H,4-7,10-11,33H2,1-3H3,(H,34,35,36)/t16?,17-,19?,20?/m1/s1. The molecule has 1 aliphatic carbocycles. The first kappa shape index (κ1) is 27.8. The van der Waals surface area contributed by atoms with Crippen molar-refractivity contribution in [2.75, 3.05) is 17.7 Å². The summed E-state index contributed by atoms with van der Waals surface area (Å²) in [6.07, 6.45) is -0.560. The topological polar surface area (TPSA) is 101 Å². The predicted octanol–water partition coefficient (Wildman–Crippen LogP) is 6.57. The molecule has 0 radical (unpaired) electrons. The maximum absolute atomic E-state index is 13.3. The van der Waals surface area contributed by atoms with Crippen molar-refractivity contribution in [3.63, 3.8) is 0 Å². The number of nitrogens with zero attached hydrogens (tertiary/aromatic N) is 2. The molecular weight excluding hydrogens is 493 g/mol. The van der Waals surface area contributed by atoms with Crippen LogP contribution < -0.4 is 11.1 Å². The van der Waals surface area contributed by atoms with E-state index >= 15 is 0 Å². The summed E-state index contributed by atoms with van der Waals surface area (Å²) < 4.78 is 40.0. The summed E-state index contributed by atoms with van der Waals surface area (Å²) in [5, 5.41) is 13.2. The number of hydrogen-bond donors (Lipinski definition) is 3. The number of hydrogen-bond acceptors (Lipinski definition) is 6. The van der Waals surface area contributed by atoms with E-state index in [4.69, 9.17) is 10.8 Å². The number of benzene rings is 2. The first-order valence-electron chi connectivity index (χ1n) is 13.1. The molecule has 1 saturated carbocycles. The number of carbonyl (C=O) groups excluding carboxylic acids is 1. The third-order valence-corrected chi connectivity index (χ3v) is 7.64. The van der Waals surface area contributed by atoms with Gasteiger partial charge >= 0.3 is 6.18 Å². The van der Waals surface area contributed by atoms with Crippen LogP contribution in [-0.4, -0.2) is 27.5 Å². The summed E-state index contributed by atoms with van der Waals surface area (Å²) in [5.74, 6) is 1.57. The van der Waals surface area contributed by atoms with Crippen LogP contribution in [0.5, 0.6) is 0 Å². The van der Waals surface area contributed by atoms with Crippen molar-refractivity contribution in [1.82, 2.24) is 9.97 Å². The summed E-state index contributed by atoms with van der Waals surface area (Å²) in [6, 6.07) is 9.18. The number of nitrogen functional groups attached to an aromatic ring is 1. The molecule has 6 nitrogen and oxygen atoms in total. The molecule has 38 heavy (non-hydrogen) atoms. The van der Waals surface area contributed by atoms with E-state index in [0.717, 1.165) is 54.3 Å². The van der Waals surface area contributed by atoms with Gasteiger partial charge in [0.25, 0.3) is 0 Å². The van der Waals surface area contributed by atoms with Crippen molar-refractivity contribution >= 4 is 28.2 Å². The molecule has 4 rings (SSSR count). The van der Waals surface area contributed by atoms with Gasteiger partial charge in [0.05, 0.1) is 17.1 Å². The second-order valence-corrected chi connectivity index (χ2v) is 10.5. The van der Waals surface area contributed by atoms with Gasteiger partial charge in [0, 0.05) is 29.5 Å². The Kier molecular flexibility index (Phi) is 8.25. The van der Waals surface area contributed by atoms with E-state index in [1.54, 1.807) is 13.8 Å². The molecule has 0 amide bonds. The molecule has 2 aromatic carbocycles. The van der Waals surface area contributed by atoms with Crippen LogP contribution in [0.2, 0.25) is 0 Å². The van der Waals surface area contributed by atoms with Crippen LogP contribution in [0.3, 0.4) is 0 Å². The minimum atomic E-state index is -4.49. The number of rotatable bonds is 8. The molecule has 1 fully saturated rings. The van der Waals surface area contributed by atoms with Crippen LogP contribution in [0.15, 0.2) is 36.4 Å². The summed E-state index contributed by atoms with van der Waals surface area (Å²) in [7, 11) is 0. The lowest BCUT2D eigenvalue weighted by molar-refractivity contribution is -0.137. The van der Waals surface area contributed by atoms with Gasteiger partial charge in [-0.3, -0.25) is 4.79 Å². The maximum Gasteiger partial charge on any atom is 0.416 e. The molecule has 0 bridgehead atoms. The molecular formula is C29H35F3N4O2. The molecule has 1 heterocycles. The molecule has 1 aromatic heterocycles. The Morgan fingerprint density at radius 1 is 1.11 bits per heavy atom. The van der Waals surface area contributed by atoms with E-state index in [2.05, 4.69) is 27.4 Å². The largest absolute Gasteiger partial charge is 0.416 e. The minimum absolute atomic E-state index is 0.0248. The highest BCUT2D eigenvalue weighted by Crippen LogP contribution is 2.39. The van der Waals surface area contributed by atoms with Gasteiger partial charge in [-0.25, -0.2) is 9.97 Å². The van der Waals surface area contributed by atoms with Crippen LogP contribution in [0.4, 0.5) is 24.7 Å². The Morgan fingerprint density at radius 2 is 1.82 bits per heavy atom. The fraction of sp³-hybridized carbons (Fsp3) is 0.483. The van der Waals surface area contributed by atoms with E-state index in [1.807, 2.05) is 13.0 Å². The van der Waals surface area contributed by atoms with Crippen molar-refractivity contribution in [3.8, 4) is 0 Å². The molecule has 0 spiro atoms.